The average molecular weight is 325 g/mol. The Morgan fingerprint density at radius 2 is 1.95 bits per heavy atom. The van der Waals surface area contributed by atoms with Gasteiger partial charge in [-0.1, -0.05) is 19.9 Å². The van der Waals surface area contributed by atoms with Crippen molar-refractivity contribution in [3.8, 4) is 0 Å². The number of hydrogen-bond acceptors (Lipinski definition) is 2. The van der Waals surface area contributed by atoms with Gasteiger partial charge in [0.05, 0.1) is 5.54 Å². The highest BCUT2D eigenvalue weighted by Gasteiger charge is 2.37. The molecule has 0 amide bonds. The Labute approximate surface area is 125 Å². The fourth-order valence-corrected chi connectivity index (χ4v) is 3.96. The van der Waals surface area contributed by atoms with Crippen LogP contribution in [0.25, 0.3) is 0 Å². The molecular formula is C16H25BrN2. The first-order valence-corrected chi connectivity index (χ1v) is 7.98. The third-order valence-corrected chi connectivity index (χ3v) is 4.89. The number of aryl methyl sites for hydroxylation is 1. The smallest absolute Gasteiger partial charge is 0.0501 e. The molecule has 0 aliphatic heterocycles. The summed E-state index contributed by atoms with van der Waals surface area (Å²) in [6.45, 7) is 7.50. The van der Waals surface area contributed by atoms with E-state index < -0.39 is 0 Å². The fourth-order valence-electron chi connectivity index (χ4n) is 3.61. The highest BCUT2D eigenvalue weighted by atomic mass is 79.9. The lowest BCUT2D eigenvalue weighted by Gasteiger charge is -2.43. The highest BCUT2D eigenvalue weighted by molar-refractivity contribution is 9.10. The zero-order chi connectivity index (χ0) is 14.0. The summed E-state index contributed by atoms with van der Waals surface area (Å²) in [6.07, 6.45) is 3.64. The summed E-state index contributed by atoms with van der Waals surface area (Å²) in [7, 11) is 0. The van der Waals surface area contributed by atoms with E-state index in [0.717, 1.165) is 29.2 Å². The molecule has 2 rings (SSSR count). The molecule has 0 spiro atoms. The number of hydrogen-bond donors (Lipinski definition) is 2. The minimum Gasteiger partial charge on any atom is -0.377 e. The van der Waals surface area contributed by atoms with Gasteiger partial charge in [-0.25, -0.2) is 0 Å². The molecule has 0 aromatic heterocycles. The van der Waals surface area contributed by atoms with Crippen molar-refractivity contribution in [2.45, 2.75) is 45.6 Å². The van der Waals surface area contributed by atoms with Crippen molar-refractivity contribution in [1.82, 2.24) is 0 Å². The highest BCUT2D eigenvalue weighted by Crippen LogP contribution is 2.39. The van der Waals surface area contributed by atoms with Crippen molar-refractivity contribution in [1.29, 1.82) is 0 Å². The van der Waals surface area contributed by atoms with E-state index in [2.05, 4.69) is 60.2 Å². The maximum absolute atomic E-state index is 6.12. The fraction of sp³-hybridized carbons (Fsp3) is 0.625. The van der Waals surface area contributed by atoms with Crippen LogP contribution >= 0.6 is 15.9 Å². The summed E-state index contributed by atoms with van der Waals surface area (Å²) in [6, 6.07) is 6.43. The summed E-state index contributed by atoms with van der Waals surface area (Å²) in [5.74, 6) is 1.48. The van der Waals surface area contributed by atoms with Crippen molar-refractivity contribution in [3.05, 3.63) is 28.2 Å². The lowest BCUT2D eigenvalue weighted by Crippen LogP contribution is -2.50. The molecular weight excluding hydrogens is 300 g/mol. The first-order valence-electron chi connectivity index (χ1n) is 7.18. The number of rotatable bonds is 3. The van der Waals surface area contributed by atoms with Crippen LogP contribution in [0.2, 0.25) is 0 Å². The van der Waals surface area contributed by atoms with E-state index in [9.17, 15) is 0 Å². The summed E-state index contributed by atoms with van der Waals surface area (Å²) >= 11 is 3.64. The first-order chi connectivity index (χ1) is 8.94. The Bertz CT molecular complexity index is 434. The summed E-state index contributed by atoms with van der Waals surface area (Å²) in [5.41, 5.74) is 8.62. The Morgan fingerprint density at radius 1 is 1.32 bits per heavy atom. The van der Waals surface area contributed by atoms with Gasteiger partial charge in [-0.2, -0.15) is 0 Å². The lowest BCUT2D eigenvalue weighted by atomic mass is 9.71. The van der Waals surface area contributed by atoms with Gasteiger partial charge in [-0.15, -0.1) is 0 Å². The number of anilines is 1. The molecule has 0 heterocycles. The molecule has 1 aromatic rings. The molecule has 106 valence electrons. The SMILES string of the molecule is Cc1ccc(Br)c(NC2(CN)CC(C)CC(C)C2)c1. The third kappa shape index (κ3) is 3.51. The molecule has 0 bridgehead atoms. The standard InChI is InChI=1S/C16H25BrN2/c1-11-4-5-14(17)15(7-11)19-16(10-18)8-12(2)6-13(3)9-16/h4-5,7,12-13,19H,6,8-10,18H2,1-3H3. The number of halogens is 1. The van der Waals surface area contributed by atoms with E-state index in [1.165, 1.54) is 17.7 Å². The van der Waals surface area contributed by atoms with Crippen LogP contribution in [-0.4, -0.2) is 12.1 Å². The van der Waals surface area contributed by atoms with E-state index >= 15 is 0 Å². The quantitative estimate of drug-likeness (QED) is 0.868. The molecule has 0 radical (unpaired) electrons. The minimum absolute atomic E-state index is 0.0490. The van der Waals surface area contributed by atoms with E-state index in [-0.39, 0.29) is 5.54 Å². The van der Waals surface area contributed by atoms with Crippen LogP contribution in [0.5, 0.6) is 0 Å². The number of nitrogens with one attached hydrogen (secondary N) is 1. The maximum Gasteiger partial charge on any atom is 0.0501 e. The minimum atomic E-state index is 0.0490. The average Bonchev–Trinajstić information content (AvgIpc) is 2.32. The molecule has 1 saturated carbocycles. The van der Waals surface area contributed by atoms with Crippen LogP contribution in [0.1, 0.15) is 38.7 Å². The molecule has 1 aromatic carbocycles. The van der Waals surface area contributed by atoms with Crippen molar-refractivity contribution >= 4 is 21.6 Å². The maximum atomic E-state index is 6.12. The first kappa shape index (κ1) is 14.9. The van der Waals surface area contributed by atoms with Gasteiger partial charge < -0.3 is 11.1 Å². The molecule has 19 heavy (non-hydrogen) atoms. The second-order valence-electron chi connectivity index (χ2n) is 6.45. The molecule has 1 fully saturated rings. The normalized spacial score (nSPS) is 31.2. The van der Waals surface area contributed by atoms with Crippen molar-refractivity contribution < 1.29 is 0 Å². The van der Waals surface area contributed by atoms with Gasteiger partial charge in [0.25, 0.3) is 0 Å². The van der Waals surface area contributed by atoms with Gasteiger partial charge in [-0.3, -0.25) is 0 Å². The molecule has 0 saturated heterocycles. The molecule has 2 nitrogen and oxygen atoms in total. The molecule has 3 N–H and O–H groups in total. The molecule has 1 aliphatic carbocycles. The van der Waals surface area contributed by atoms with Crippen LogP contribution in [-0.2, 0) is 0 Å². The van der Waals surface area contributed by atoms with Crippen LogP contribution in [0.3, 0.4) is 0 Å². The van der Waals surface area contributed by atoms with Gasteiger partial charge in [0.15, 0.2) is 0 Å². The lowest BCUT2D eigenvalue weighted by molar-refractivity contribution is 0.205. The van der Waals surface area contributed by atoms with Crippen LogP contribution in [0.4, 0.5) is 5.69 Å². The Kier molecular flexibility index (Phi) is 4.57. The summed E-state index contributed by atoms with van der Waals surface area (Å²) in [4.78, 5) is 0. The zero-order valence-electron chi connectivity index (χ0n) is 12.2. The van der Waals surface area contributed by atoms with Gasteiger partial charge in [0.2, 0.25) is 0 Å². The van der Waals surface area contributed by atoms with Gasteiger partial charge in [0, 0.05) is 16.7 Å². The largest absolute Gasteiger partial charge is 0.377 e. The molecule has 3 heteroatoms. The predicted molar refractivity (Wildman–Crippen MR) is 86.5 cm³/mol. The molecule has 2 unspecified atom stereocenters. The topological polar surface area (TPSA) is 38.0 Å². The number of benzene rings is 1. The Morgan fingerprint density at radius 3 is 2.53 bits per heavy atom. The van der Waals surface area contributed by atoms with E-state index in [1.54, 1.807) is 0 Å². The van der Waals surface area contributed by atoms with Gasteiger partial charge >= 0.3 is 0 Å². The Hall–Kier alpha value is -0.540. The predicted octanol–water partition coefficient (Wildman–Crippen LogP) is 4.32. The van der Waals surface area contributed by atoms with E-state index in [1.807, 2.05) is 0 Å². The van der Waals surface area contributed by atoms with E-state index in [4.69, 9.17) is 5.73 Å². The van der Waals surface area contributed by atoms with Crippen LogP contribution in [0.15, 0.2) is 22.7 Å². The second kappa shape index (κ2) is 5.84. The monoisotopic (exact) mass is 324 g/mol. The third-order valence-electron chi connectivity index (χ3n) is 4.20. The zero-order valence-corrected chi connectivity index (χ0v) is 13.8. The number of nitrogens with two attached hydrogens (primary N) is 1. The van der Waals surface area contributed by atoms with Crippen LogP contribution < -0.4 is 11.1 Å². The van der Waals surface area contributed by atoms with Gasteiger partial charge in [-0.05, 0) is 71.6 Å². The molecule has 1 aliphatic rings. The van der Waals surface area contributed by atoms with E-state index in [0.29, 0.717) is 6.54 Å². The second-order valence-corrected chi connectivity index (χ2v) is 7.30. The molecule has 2 atom stereocenters. The van der Waals surface area contributed by atoms with Gasteiger partial charge in [0.1, 0.15) is 0 Å². The van der Waals surface area contributed by atoms with Crippen molar-refractivity contribution in [3.63, 3.8) is 0 Å². The van der Waals surface area contributed by atoms with Crippen molar-refractivity contribution in [2.24, 2.45) is 17.6 Å². The summed E-state index contributed by atoms with van der Waals surface area (Å²) < 4.78 is 1.12. The van der Waals surface area contributed by atoms with Crippen molar-refractivity contribution in [2.75, 3.05) is 11.9 Å². The Balaban J connectivity index is 2.24. The summed E-state index contributed by atoms with van der Waals surface area (Å²) in [5, 5.41) is 3.74. The van der Waals surface area contributed by atoms with Crippen LogP contribution in [0, 0.1) is 18.8 Å².